The number of anilines is 5. The zero-order valence-electron chi connectivity index (χ0n) is 23.1. The van der Waals surface area contributed by atoms with Crippen LogP contribution < -0.4 is 20.4 Å². The molecule has 0 amide bonds. The van der Waals surface area contributed by atoms with Crippen LogP contribution in [0.1, 0.15) is 11.9 Å². The molecule has 0 saturated carbocycles. The van der Waals surface area contributed by atoms with E-state index in [4.69, 9.17) is 14.1 Å². The van der Waals surface area contributed by atoms with Crippen LogP contribution in [-0.4, -0.2) is 67.3 Å². The zero-order chi connectivity index (χ0) is 28.2. The maximum Gasteiger partial charge on any atom is 0.316 e. The highest BCUT2D eigenvalue weighted by Gasteiger charge is 2.29. The first-order valence-electron chi connectivity index (χ1n) is 13.5. The van der Waals surface area contributed by atoms with Gasteiger partial charge in [-0.25, -0.2) is 4.98 Å². The van der Waals surface area contributed by atoms with E-state index in [2.05, 4.69) is 66.5 Å². The lowest BCUT2D eigenvalue weighted by Gasteiger charge is -2.27. The van der Waals surface area contributed by atoms with Crippen LogP contribution in [0.25, 0.3) is 17.2 Å². The first-order chi connectivity index (χ1) is 20.1. The molecule has 0 aliphatic carbocycles. The molecule has 2 aromatic heterocycles. The number of rotatable bonds is 7. The van der Waals surface area contributed by atoms with Crippen LogP contribution in [0.4, 0.5) is 28.1 Å². The van der Waals surface area contributed by atoms with Gasteiger partial charge in [-0.3, -0.25) is 4.99 Å². The SMILES string of the molecule is C=C1Nc2ccccc2N(c2ccccc2)CC1Nc1nnc(-c2nc(/C(C=NC)=C/C)sc2N2CCOCC2)o1. The topological polar surface area (TPSA) is 104 Å². The Morgan fingerprint density at radius 2 is 1.90 bits per heavy atom. The molecule has 2 aromatic carbocycles. The van der Waals surface area contributed by atoms with Crippen molar-refractivity contribution in [3.05, 3.63) is 78.0 Å². The third kappa shape index (κ3) is 5.59. The van der Waals surface area contributed by atoms with Gasteiger partial charge in [0.25, 0.3) is 5.89 Å². The second-order valence-electron chi connectivity index (χ2n) is 9.63. The van der Waals surface area contributed by atoms with Crippen molar-refractivity contribution in [2.45, 2.75) is 13.0 Å². The van der Waals surface area contributed by atoms with Crippen LogP contribution in [-0.2, 0) is 4.74 Å². The van der Waals surface area contributed by atoms with E-state index in [-0.39, 0.29) is 6.04 Å². The maximum atomic E-state index is 6.21. The number of morpholine rings is 1. The van der Waals surface area contributed by atoms with E-state index in [9.17, 15) is 0 Å². The van der Waals surface area contributed by atoms with Crippen LogP contribution in [0.2, 0.25) is 0 Å². The van der Waals surface area contributed by atoms with Gasteiger partial charge in [0.1, 0.15) is 10.0 Å². The fraction of sp³-hybridized carbons (Fsp3) is 0.267. The summed E-state index contributed by atoms with van der Waals surface area (Å²) in [7, 11) is 1.75. The average molecular weight is 569 g/mol. The highest BCUT2D eigenvalue weighted by Crippen LogP contribution is 2.40. The van der Waals surface area contributed by atoms with Crippen molar-refractivity contribution in [2.75, 3.05) is 60.3 Å². The van der Waals surface area contributed by atoms with Crippen LogP contribution in [0.3, 0.4) is 0 Å². The van der Waals surface area contributed by atoms with E-state index in [1.165, 1.54) is 0 Å². The molecular formula is C30H32N8O2S. The smallest absolute Gasteiger partial charge is 0.316 e. The largest absolute Gasteiger partial charge is 0.402 e. The molecule has 210 valence electrons. The van der Waals surface area contributed by atoms with Gasteiger partial charge in [0.05, 0.1) is 30.6 Å². The van der Waals surface area contributed by atoms with Crippen molar-refractivity contribution in [3.8, 4) is 11.6 Å². The molecule has 1 saturated heterocycles. The Balaban J connectivity index is 1.30. The van der Waals surface area contributed by atoms with Gasteiger partial charge in [-0.1, -0.05) is 59.4 Å². The number of allylic oxidation sites excluding steroid dienone is 2. The van der Waals surface area contributed by atoms with E-state index in [0.717, 1.165) is 51.4 Å². The molecule has 1 atom stereocenters. The predicted octanol–water partition coefficient (Wildman–Crippen LogP) is 5.69. The third-order valence-corrected chi connectivity index (χ3v) is 8.17. The average Bonchev–Trinajstić information content (AvgIpc) is 3.64. The normalized spacial score (nSPS) is 17.9. The van der Waals surface area contributed by atoms with Crippen molar-refractivity contribution < 1.29 is 9.15 Å². The molecular weight excluding hydrogens is 536 g/mol. The molecule has 1 unspecified atom stereocenters. The van der Waals surface area contributed by atoms with Gasteiger partial charge in [-0.15, -0.1) is 5.10 Å². The van der Waals surface area contributed by atoms with Gasteiger partial charge >= 0.3 is 6.01 Å². The molecule has 2 N–H and O–H groups in total. The van der Waals surface area contributed by atoms with E-state index in [1.807, 2.05) is 49.5 Å². The van der Waals surface area contributed by atoms with Crippen LogP contribution in [0.5, 0.6) is 0 Å². The van der Waals surface area contributed by atoms with Crippen molar-refractivity contribution in [2.24, 2.45) is 4.99 Å². The van der Waals surface area contributed by atoms with Gasteiger partial charge in [0.15, 0.2) is 5.69 Å². The third-order valence-electron chi connectivity index (χ3n) is 7.00. The summed E-state index contributed by atoms with van der Waals surface area (Å²) in [6.45, 7) is 9.77. The van der Waals surface area contributed by atoms with E-state index >= 15 is 0 Å². The monoisotopic (exact) mass is 568 g/mol. The number of nitrogens with one attached hydrogen (secondary N) is 2. The van der Waals surface area contributed by atoms with E-state index in [1.54, 1.807) is 18.4 Å². The summed E-state index contributed by atoms with van der Waals surface area (Å²) < 4.78 is 11.8. The van der Waals surface area contributed by atoms with Gasteiger partial charge in [0, 0.05) is 49.9 Å². The van der Waals surface area contributed by atoms with Gasteiger partial charge < -0.3 is 29.6 Å². The predicted molar refractivity (Wildman–Crippen MR) is 167 cm³/mol. The Labute approximate surface area is 243 Å². The Morgan fingerprint density at radius 1 is 1.12 bits per heavy atom. The zero-order valence-corrected chi connectivity index (χ0v) is 23.9. The fourth-order valence-electron chi connectivity index (χ4n) is 4.93. The molecule has 0 bridgehead atoms. The lowest BCUT2D eigenvalue weighted by Crippen LogP contribution is -2.36. The van der Waals surface area contributed by atoms with Gasteiger partial charge in [-0.2, -0.15) is 0 Å². The van der Waals surface area contributed by atoms with Crippen LogP contribution in [0, 0.1) is 0 Å². The molecule has 0 radical (unpaired) electrons. The molecule has 1 fully saturated rings. The van der Waals surface area contributed by atoms with Crippen molar-refractivity contribution in [1.29, 1.82) is 0 Å². The van der Waals surface area contributed by atoms with Gasteiger partial charge in [-0.05, 0) is 31.2 Å². The molecule has 0 spiro atoms. The summed E-state index contributed by atoms with van der Waals surface area (Å²) in [6, 6.07) is 18.6. The number of nitrogens with zero attached hydrogens (tertiary/aromatic N) is 6. The van der Waals surface area contributed by atoms with Crippen LogP contribution in [0.15, 0.2) is 82.4 Å². The molecule has 10 nitrogen and oxygen atoms in total. The lowest BCUT2D eigenvalue weighted by molar-refractivity contribution is 0.123. The first-order valence-corrected chi connectivity index (χ1v) is 14.4. The van der Waals surface area contributed by atoms with Crippen molar-refractivity contribution in [3.63, 3.8) is 0 Å². The summed E-state index contributed by atoms with van der Waals surface area (Å²) >= 11 is 1.59. The number of thiazole rings is 1. The first kappa shape index (κ1) is 26.7. The van der Waals surface area contributed by atoms with E-state index in [0.29, 0.717) is 37.4 Å². The number of benzene rings is 2. The summed E-state index contributed by atoms with van der Waals surface area (Å²) in [4.78, 5) is 13.6. The Morgan fingerprint density at radius 3 is 2.68 bits per heavy atom. The summed E-state index contributed by atoms with van der Waals surface area (Å²) in [5, 5.41) is 17.5. The summed E-state index contributed by atoms with van der Waals surface area (Å²) in [5.74, 6) is 0.357. The number of aliphatic imine (C=N–C) groups is 1. The number of aromatic nitrogens is 3. The number of para-hydroxylation sites is 3. The molecule has 4 heterocycles. The maximum absolute atomic E-state index is 6.21. The highest BCUT2D eigenvalue weighted by atomic mass is 32.1. The highest BCUT2D eigenvalue weighted by molar-refractivity contribution is 7.17. The Bertz CT molecular complexity index is 1570. The molecule has 6 rings (SSSR count). The second kappa shape index (κ2) is 11.9. The van der Waals surface area contributed by atoms with Crippen LogP contribution >= 0.6 is 11.3 Å². The standard InChI is InChI=1S/C30H32N8O2S/c1-4-21(18-31-3)28-34-26(29(41-28)37-14-16-39-17-15-37)27-35-36-30(40-27)33-24-19-38(22-10-6-5-7-11-22)25-13-9-8-12-23(25)32-20(24)2/h4-13,18,24,32H,2,14-17,19H2,1,3H3,(H,33,36)/b21-4+,31-18?. The van der Waals surface area contributed by atoms with Crippen molar-refractivity contribution >= 4 is 51.2 Å². The number of hydrogen-bond acceptors (Lipinski definition) is 11. The van der Waals surface area contributed by atoms with Gasteiger partial charge in [0.2, 0.25) is 0 Å². The summed E-state index contributed by atoms with van der Waals surface area (Å²) in [6.07, 6.45) is 3.81. The molecule has 2 aliphatic heterocycles. The minimum Gasteiger partial charge on any atom is -0.402 e. The fourth-order valence-corrected chi connectivity index (χ4v) is 6.08. The Hall–Kier alpha value is -4.48. The van der Waals surface area contributed by atoms with E-state index < -0.39 is 0 Å². The minimum absolute atomic E-state index is 0.226. The second-order valence-corrected chi connectivity index (χ2v) is 10.6. The molecule has 4 aromatic rings. The lowest BCUT2D eigenvalue weighted by atomic mass is 10.2. The molecule has 41 heavy (non-hydrogen) atoms. The van der Waals surface area contributed by atoms with Crippen molar-refractivity contribution in [1.82, 2.24) is 15.2 Å². The Kier molecular flexibility index (Phi) is 7.79. The number of hydrogen-bond donors (Lipinski definition) is 2. The number of ether oxygens (including phenoxy) is 1. The minimum atomic E-state index is -0.226. The number of fused-ring (bicyclic) bond motifs is 1. The summed E-state index contributed by atoms with van der Waals surface area (Å²) in [5.41, 5.74) is 5.53. The quantitative estimate of drug-likeness (QED) is 0.272. The molecule has 2 aliphatic rings. The molecule has 11 heteroatoms.